The average Bonchev–Trinajstić information content (AvgIpc) is 2.39. The number of rotatable bonds is 3. The molecule has 1 N–H and O–H groups in total. The summed E-state index contributed by atoms with van der Waals surface area (Å²) in [5.41, 5.74) is 3.71. The van der Waals surface area contributed by atoms with E-state index in [9.17, 15) is 5.11 Å². The highest BCUT2D eigenvalue weighted by molar-refractivity contribution is 5.68. The normalized spacial score (nSPS) is 12.1. The number of aryl methyl sites for hydroxylation is 1. The highest BCUT2D eigenvalue weighted by Crippen LogP contribution is 2.29. The molecule has 86 valence electrons. The molecule has 17 heavy (non-hydrogen) atoms. The smallest absolute Gasteiger partial charge is 0.104 e. The molecule has 0 aliphatic rings. The van der Waals surface area contributed by atoms with Crippen molar-refractivity contribution in [3.8, 4) is 0 Å². The van der Waals surface area contributed by atoms with E-state index in [4.69, 9.17) is 0 Å². The summed E-state index contributed by atoms with van der Waals surface area (Å²) >= 11 is 0. The van der Waals surface area contributed by atoms with Crippen LogP contribution in [0, 0.1) is 6.92 Å². The zero-order chi connectivity index (χ0) is 12.3. The van der Waals surface area contributed by atoms with Gasteiger partial charge >= 0.3 is 0 Å². The molecular formula is C16H16O. The van der Waals surface area contributed by atoms with E-state index in [-0.39, 0.29) is 0 Å². The van der Waals surface area contributed by atoms with Gasteiger partial charge in [0.25, 0.3) is 0 Å². The van der Waals surface area contributed by atoms with E-state index < -0.39 is 6.10 Å². The van der Waals surface area contributed by atoms with Crippen molar-refractivity contribution in [2.75, 3.05) is 0 Å². The Morgan fingerprint density at radius 2 is 1.59 bits per heavy atom. The topological polar surface area (TPSA) is 20.2 Å². The molecule has 2 aromatic rings. The molecule has 0 fully saturated rings. The molecule has 0 amide bonds. The van der Waals surface area contributed by atoms with Gasteiger partial charge in [0.2, 0.25) is 0 Å². The van der Waals surface area contributed by atoms with Crippen LogP contribution in [0.3, 0.4) is 0 Å². The fraction of sp³-hybridized carbons (Fsp3) is 0.125. The van der Waals surface area contributed by atoms with E-state index in [1.165, 1.54) is 0 Å². The van der Waals surface area contributed by atoms with Crippen LogP contribution < -0.4 is 0 Å². The first-order chi connectivity index (χ1) is 8.20. The summed E-state index contributed by atoms with van der Waals surface area (Å²) in [5.74, 6) is 0. The average molecular weight is 224 g/mol. The summed E-state index contributed by atoms with van der Waals surface area (Å²) in [6.07, 6.45) is -0.640. The van der Waals surface area contributed by atoms with Gasteiger partial charge in [-0.15, -0.1) is 0 Å². The van der Waals surface area contributed by atoms with Crippen molar-refractivity contribution in [2.24, 2.45) is 0 Å². The van der Waals surface area contributed by atoms with Crippen molar-refractivity contribution in [1.29, 1.82) is 0 Å². The van der Waals surface area contributed by atoms with Gasteiger partial charge in [-0.1, -0.05) is 61.2 Å². The summed E-state index contributed by atoms with van der Waals surface area (Å²) < 4.78 is 0. The largest absolute Gasteiger partial charge is 0.384 e. The second-order valence-electron chi connectivity index (χ2n) is 4.15. The summed E-state index contributed by atoms with van der Waals surface area (Å²) in [6, 6.07) is 17.6. The van der Waals surface area contributed by atoms with Crippen molar-refractivity contribution in [3.63, 3.8) is 0 Å². The molecule has 0 saturated heterocycles. The van der Waals surface area contributed by atoms with Gasteiger partial charge < -0.3 is 5.11 Å². The molecule has 2 rings (SSSR count). The van der Waals surface area contributed by atoms with E-state index in [1.807, 2.05) is 61.5 Å². The van der Waals surface area contributed by atoms with E-state index in [2.05, 4.69) is 6.58 Å². The summed E-state index contributed by atoms with van der Waals surface area (Å²) in [7, 11) is 0. The molecule has 0 aliphatic heterocycles. The van der Waals surface area contributed by atoms with Crippen molar-refractivity contribution in [3.05, 3.63) is 77.9 Å². The fourth-order valence-corrected chi connectivity index (χ4v) is 1.89. The Balaban J connectivity index is 2.30. The van der Waals surface area contributed by atoms with Crippen molar-refractivity contribution < 1.29 is 5.11 Å². The van der Waals surface area contributed by atoms with Crippen LogP contribution in [0.4, 0.5) is 0 Å². The Bertz CT molecular complexity index is 514. The molecule has 1 unspecified atom stereocenters. The van der Waals surface area contributed by atoms with Gasteiger partial charge in [-0.3, -0.25) is 0 Å². The lowest BCUT2D eigenvalue weighted by Gasteiger charge is -2.16. The van der Waals surface area contributed by atoms with Crippen LogP contribution in [0.5, 0.6) is 0 Å². The van der Waals surface area contributed by atoms with Crippen LogP contribution in [0.25, 0.3) is 5.57 Å². The van der Waals surface area contributed by atoms with E-state index in [0.29, 0.717) is 0 Å². The third-order valence-electron chi connectivity index (χ3n) is 2.96. The van der Waals surface area contributed by atoms with Gasteiger partial charge in [0.15, 0.2) is 0 Å². The maximum absolute atomic E-state index is 10.3. The number of benzene rings is 2. The first kappa shape index (κ1) is 11.6. The number of aliphatic hydroxyl groups excluding tert-OH is 1. The number of hydrogen-bond donors (Lipinski definition) is 1. The van der Waals surface area contributed by atoms with Gasteiger partial charge in [0, 0.05) is 0 Å². The predicted molar refractivity (Wildman–Crippen MR) is 71.6 cm³/mol. The maximum Gasteiger partial charge on any atom is 0.104 e. The lowest BCUT2D eigenvalue weighted by molar-refractivity contribution is 0.238. The van der Waals surface area contributed by atoms with Gasteiger partial charge in [0.05, 0.1) is 0 Å². The molecule has 2 aromatic carbocycles. The second kappa shape index (κ2) is 4.98. The summed E-state index contributed by atoms with van der Waals surface area (Å²) in [5, 5.41) is 10.3. The summed E-state index contributed by atoms with van der Waals surface area (Å²) in [6.45, 7) is 5.99. The molecular weight excluding hydrogens is 208 g/mol. The third-order valence-corrected chi connectivity index (χ3v) is 2.96. The molecule has 0 radical (unpaired) electrons. The lowest BCUT2D eigenvalue weighted by Crippen LogP contribution is -2.02. The van der Waals surface area contributed by atoms with Gasteiger partial charge in [0.1, 0.15) is 6.10 Å². The predicted octanol–water partition coefficient (Wildman–Crippen LogP) is 3.74. The molecule has 0 saturated carbocycles. The van der Waals surface area contributed by atoms with Crippen LogP contribution in [0.2, 0.25) is 0 Å². The fourth-order valence-electron chi connectivity index (χ4n) is 1.89. The Morgan fingerprint density at radius 3 is 2.24 bits per heavy atom. The first-order valence-electron chi connectivity index (χ1n) is 5.68. The Morgan fingerprint density at radius 1 is 1.00 bits per heavy atom. The van der Waals surface area contributed by atoms with Gasteiger partial charge in [-0.25, -0.2) is 0 Å². The first-order valence-corrected chi connectivity index (χ1v) is 5.68. The molecule has 0 aromatic heterocycles. The minimum absolute atomic E-state index is 0.640. The number of aliphatic hydroxyl groups is 1. The van der Waals surface area contributed by atoms with Gasteiger partial charge in [-0.05, 0) is 29.2 Å². The standard InChI is InChI=1S/C16H16O/c1-12-8-6-7-11-15(12)16(17)13(2)14-9-4-3-5-10-14/h3-11,16-17H,2H2,1H3. The van der Waals surface area contributed by atoms with Gasteiger partial charge in [-0.2, -0.15) is 0 Å². The van der Waals surface area contributed by atoms with E-state index in [0.717, 1.165) is 22.3 Å². The van der Waals surface area contributed by atoms with Crippen molar-refractivity contribution in [2.45, 2.75) is 13.0 Å². The van der Waals surface area contributed by atoms with Crippen molar-refractivity contribution in [1.82, 2.24) is 0 Å². The third kappa shape index (κ3) is 2.45. The van der Waals surface area contributed by atoms with Crippen molar-refractivity contribution >= 4 is 5.57 Å². The molecule has 1 nitrogen and oxygen atoms in total. The maximum atomic E-state index is 10.3. The Labute approximate surface area is 102 Å². The Hall–Kier alpha value is -1.86. The van der Waals surface area contributed by atoms with Crippen LogP contribution >= 0.6 is 0 Å². The van der Waals surface area contributed by atoms with Crippen LogP contribution in [-0.4, -0.2) is 5.11 Å². The van der Waals surface area contributed by atoms with E-state index in [1.54, 1.807) is 0 Å². The quantitative estimate of drug-likeness (QED) is 0.842. The highest BCUT2D eigenvalue weighted by atomic mass is 16.3. The highest BCUT2D eigenvalue weighted by Gasteiger charge is 2.14. The van der Waals surface area contributed by atoms with Crippen LogP contribution in [0.15, 0.2) is 61.2 Å². The lowest BCUT2D eigenvalue weighted by atomic mass is 9.94. The molecule has 0 heterocycles. The minimum Gasteiger partial charge on any atom is -0.384 e. The van der Waals surface area contributed by atoms with E-state index >= 15 is 0 Å². The molecule has 1 heteroatoms. The second-order valence-corrected chi connectivity index (χ2v) is 4.15. The molecule has 1 atom stereocenters. The molecule has 0 bridgehead atoms. The van der Waals surface area contributed by atoms with Crippen LogP contribution in [0.1, 0.15) is 22.8 Å². The summed E-state index contributed by atoms with van der Waals surface area (Å²) in [4.78, 5) is 0. The zero-order valence-corrected chi connectivity index (χ0v) is 9.93. The minimum atomic E-state index is -0.640. The van der Waals surface area contributed by atoms with Crippen LogP contribution in [-0.2, 0) is 0 Å². The SMILES string of the molecule is C=C(c1ccccc1)C(O)c1ccccc1C. The molecule has 0 spiro atoms. The zero-order valence-electron chi connectivity index (χ0n) is 9.93. The monoisotopic (exact) mass is 224 g/mol. The molecule has 0 aliphatic carbocycles. The Kier molecular flexibility index (Phi) is 3.40. The number of hydrogen-bond acceptors (Lipinski definition) is 1.